The third-order valence-electron chi connectivity index (χ3n) is 4.16. The fourth-order valence-electron chi connectivity index (χ4n) is 2.80. The molecule has 0 saturated carbocycles. The molecule has 0 saturated heterocycles. The Balaban J connectivity index is 1.97. The average molecular weight is 294 g/mol. The number of fused-ring (bicyclic) bond motifs is 1. The summed E-state index contributed by atoms with van der Waals surface area (Å²) in [4.78, 5) is 2.34. The zero-order valence-corrected chi connectivity index (χ0v) is 13.5. The molecule has 0 amide bonds. The van der Waals surface area contributed by atoms with E-state index in [1.165, 1.54) is 29.7 Å². The smallest absolute Gasteiger partial charge is 0.0564 e. The van der Waals surface area contributed by atoms with Gasteiger partial charge in [0, 0.05) is 37.1 Å². The number of aryl methyl sites for hydroxylation is 1. The molecule has 2 atom stereocenters. The first-order valence-electron chi connectivity index (χ1n) is 7.35. The monoisotopic (exact) mass is 294 g/mol. The molecule has 3 nitrogen and oxygen atoms in total. The summed E-state index contributed by atoms with van der Waals surface area (Å²) in [6.07, 6.45) is 4.48. The van der Waals surface area contributed by atoms with Crippen LogP contribution >= 0.6 is 11.8 Å². The minimum atomic E-state index is 0.227. The van der Waals surface area contributed by atoms with E-state index < -0.39 is 0 Å². The van der Waals surface area contributed by atoms with Gasteiger partial charge in [0.25, 0.3) is 0 Å². The Bertz CT molecular complexity index is 434. The topological polar surface area (TPSA) is 35.5 Å². The SMILES string of the molecule is CSC(CO)C(C)NCc1ccc2c(c1)CCCN2C. The third kappa shape index (κ3) is 3.68. The number of hydrogen-bond acceptors (Lipinski definition) is 4. The van der Waals surface area contributed by atoms with Crippen molar-refractivity contribution in [2.24, 2.45) is 0 Å². The number of benzene rings is 1. The molecule has 20 heavy (non-hydrogen) atoms. The number of aliphatic hydroxyl groups excluding tert-OH is 1. The second-order valence-corrected chi connectivity index (χ2v) is 6.69. The summed E-state index contributed by atoms with van der Waals surface area (Å²) in [5.74, 6) is 0. The van der Waals surface area contributed by atoms with E-state index in [2.05, 4.69) is 42.4 Å². The standard InChI is InChI=1S/C16H26N2OS/c1-12(16(11-19)20-3)17-10-13-6-7-15-14(9-13)5-4-8-18(15)2/h6-7,9,12,16-17,19H,4-5,8,10-11H2,1-3H3. The van der Waals surface area contributed by atoms with E-state index in [1.54, 1.807) is 11.8 Å². The van der Waals surface area contributed by atoms with Gasteiger partial charge in [-0.3, -0.25) is 0 Å². The Kier molecular flexibility index (Phi) is 5.75. The fourth-order valence-corrected chi connectivity index (χ4v) is 3.45. The molecule has 4 heteroatoms. The van der Waals surface area contributed by atoms with Gasteiger partial charge in [-0.25, -0.2) is 0 Å². The summed E-state index contributed by atoms with van der Waals surface area (Å²) in [5.41, 5.74) is 4.18. The third-order valence-corrected chi connectivity index (χ3v) is 5.33. The molecule has 0 bridgehead atoms. The average Bonchev–Trinajstić information content (AvgIpc) is 2.46. The maximum Gasteiger partial charge on any atom is 0.0564 e. The lowest BCUT2D eigenvalue weighted by Crippen LogP contribution is -2.37. The van der Waals surface area contributed by atoms with E-state index in [0.29, 0.717) is 6.04 Å². The van der Waals surface area contributed by atoms with Crippen molar-refractivity contribution in [3.8, 4) is 0 Å². The molecule has 2 unspecified atom stereocenters. The van der Waals surface area contributed by atoms with Crippen molar-refractivity contribution in [2.45, 2.75) is 37.6 Å². The van der Waals surface area contributed by atoms with E-state index in [1.807, 2.05) is 6.26 Å². The van der Waals surface area contributed by atoms with Gasteiger partial charge in [0.15, 0.2) is 0 Å². The lowest BCUT2D eigenvalue weighted by Gasteiger charge is -2.28. The first kappa shape index (κ1) is 15.7. The number of anilines is 1. The van der Waals surface area contributed by atoms with Crippen LogP contribution in [0.2, 0.25) is 0 Å². The Morgan fingerprint density at radius 2 is 2.25 bits per heavy atom. The van der Waals surface area contributed by atoms with Gasteiger partial charge >= 0.3 is 0 Å². The van der Waals surface area contributed by atoms with Gasteiger partial charge in [-0.2, -0.15) is 11.8 Å². The van der Waals surface area contributed by atoms with Crippen molar-refractivity contribution in [3.63, 3.8) is 0 Å². The number of hydrogen-bond donors (Lipinski definition) is 2. The molecule has 112 valence electrons. The normalized spacial score (nSPS) is 17.7. The van der Waals surface area contributed by atoms with Crippen molar-refractivity contribution >= 4 is 17.4 Å². The quantitative estimate of drug-likeness (QED) is 0.844. The molecule has 2 N–H and O–H groups in total. The second-order valence-electron chi connectivity index (χ2n) is 5.61. The van der Waals surface area contributed by atoms with Crippen LogP contribution < -0.4 is 10.2 Å². The molecule has 1 aliphatic rings. The molecule has 1 aromatic rings. The number of aliphatic hydroxyl groups is 1. The second kappa shape index (κ2) is 7.34. The summed E-state index contributed by atoms with van der Waals surface area (Å²) in [7, 11) is 2.17. The Morgan fingerprint density at radius 3 is 2.95 bits per heavy atom. The summed E-state index contributed by atoms with van der Waals surface area (Å²) in [5, 5.41) is 13.1. The molecule has 0 aromatic heterocycles. The molecule has 1 aromatic carbocycles. The molecule has 0 radical (unpaired) electrons. The minimum absolute atomic E-state index is 0.227. The summed E-state index contributed by atoms with van der Waals surface area (Å²) >= 11 is 1.72. The van der Waals surface area contributed by atoms with Gasteiger partial charge in [0.2, 0.25) is 0 Å². The lowest BCUT2D eigenvalue weighted by atomic mass is 9.99. The number of rotatable bonds is 6. The van der Waals surface area contributed by atoms with Crippen LogP contribution in [0.3, 0.4) is 0 Å². The van der Waals surface area contributed by atoms with E-state index in [0.717, 1.165) is 13.1 Å². The number of thioether (sulfide) groups is 1. The summed E-state index contributed by atoms with van der Waals surface area (Å²) in [6, 6.07) is 7.10. The molecular formula is C16H26N2OS. The Labute approximate surface area is 126 Å². The van der Waals surface area contributed by atoms with Crippen molar-refractivity contribution in [1.29, 1.82) is 0 Å². The highest BCUT2D eigenvalue weighted by atomic mass is 32.2. The van der Waals surface area contributed by atoms with Gasteiger partial charge in [-0.05, 0) is 43.2 Å². The number of nitrogens with zero attached hydrogens (tertiary/aromatic N) is 1. The van der Waals surface area contributed by atoms with Crippen LogP contribution in [0.1, 0.15) is 24.5 Å². The van der Waals surface area contributed by atoms with Gasteiger partial charge in [-0.1, -0.05) is 12.1 Å². The number of nitrogens with one attached hydrogen (secondary N) is 1. The van der Waals surface area contributed by atoms with Gasteiger partial charge < -0.3 is 15.3 Å². The fraction of sp³-hybridized carbons (Fsp3) is 0.625. The highest BCUT2D eigenvalue weighted by Gasteiger charge is 2.16. The van der Waals surface area contributed by atoms with E-state index in [-0.39, 0.29) is 11.9 Å². The molecule has 0 aliphatic carbocycles. The Morgan fingerprint density at radius 1 is 1.45 bits per heavy atom. The van der Waals surface area contributed by atoms with Gasteiger partial charge in [0.05, 0.1) is 6.61 Å². The van der Waals surface area contributed by atoms with Crippen LogP contribution in [-0.2, 0) is 13.0 Å². The predicted molar refractivity (Wildman–Crippen MR) is 88.7 cm³/mol. The van der Waals surface area contributed by atoms with Crippen LogP contribution in [0, 0.1) is 0 Å². The predicted octanol–water partition coefficient (Wildman–Crippen LogP) is 2.27. The molecule has 1 aliphatic heterocycles. The van der Waals surface area contributed by atoms with Crippen molar-refractivity contribution in [2.75, 3.05) is 31.4 Å². The summed E-state index contributed by atoms with van der Waals surface area (Å²) in [6.45, 7) is 4.40. The van der Waals surface area contributed by atoms with Crippen molar-refractivity contribution in [1.82, 2.24) is 5.32 Å². The van der Waals surface area contributed by atoms with Crippen molar-refractivity contribution in [3.05, 3.63) is 29.3 Å². The lowest BCUT2D eigenvalue weighted by molar-refractivity contribution is 0.276. The van der Waals surface area contributed by atoms with E-state index >= 15 is 0 Å². The largest absolute Gasteiger partial charge is 0.395 e. The summed E-state index contributed by atoms with van der Waals surface area (Å²) < 4.78 is 0. The van der Waals surface area contributed by atoms with Crippen molar-refractivity contribution < 1.29 is 5.11 Å². The first-order valence-corrected chi connectivity index (χ1v) is 8.64. The molecule has 2 rings (SSSR count). The van der Waals surface area contributed by atoms with Crippen LogP contribution in [0.15, 0.2) is 18.2 Å². The van der Waals surface area contributed by atoms with E-state index in [4.69, 9.17) is 0 Å². The van der Waals surface area contributed by atoms with Crippen LogP contribution in [0.4, 0.5) is 5.69 Å². The zero-order chi connectivity index (χ0) is 14.5. The van der Waals surface area contributed by atoms with Crippen LogP contribution in [0.25, 0.3) is 0 Å². The maximum atomic E-state index is 9.31. The van der Waals surface area contributed by atoms with Gasteiger partial charge in [0.1, 0.15) is 0 Å². The van der Waals surface area contributed by atoms with E-state index in [9.17, 15) is 5.11 Å². The highest BCUT2D eigenvalue weighted by molar-refractivity contribution is 7.99. The molecular weight excluding hydrogens is 268 g/mol. The molecule has 0 fully saturated rings. The van der Waals surface area contributed by atoms with Crippen LogP contribution in [0.5, 0.6) is 0 Å². The highest BCUT2D eigenvalue weighted by Crippen LogP contribution is 2.26. The maximum absolute atomic E-state index is 9.31. The zero-order valence-electron chi connectivity index (χ0n) is 12.7. The first-order chi connectivity index (χ1) is 9.65. The molecule has 0 spiro atoms. The Hall–Kier alpha value is -0.710. The van der Waals surface area contributed by atoms with Crippen LogP contribution in [-0.4, -0.2) is 42.9 Å². The van der Waals surface area contributed by atoms with Gasteiger partial charge in [-0.15, -0.1) is 0 Å². The minimum Gasteiger partial charge on any atom is -0.395 e. The molecule has 1 heterocycles.